The summed E-state index contributed by atoms with van der Waals surface area (Å²) in [4.78, 5) is 11.2. The van der Waals surface area contributed by atoms with Crippen molar-refractivity contribution in [2.75, 3.05) is 13.6 Å². The molecule has 0 saturated heterocycles. The molecular formula is C15H21NO4S. The lowest BCUT2D eigenvalue weighted by atomic mass is 10.0. The second-order valence-electron chi connectivity index (χ2n) is 5.94. The van der Waals surface area contributed by atoms with E-state index in [4.69, 9.17) is 5.11 Å². The molecular weight excluding hydrogens is 290 g/mol. The first kappa shape index (κ1) is 16.0. The maximum absolute atomic E-state index is 12.7. The third-order valence-corrected chi connectivity index (χ3v) is 5.66. The third-order valence-electron chi connectivity index (χ3n) is 3.78. The molecule has 1 N–H and O–H groups in total. The number of rotatable bonds is 6. The van der Waals surface area contributed by atoms with Gasteiger partial charge in [-0.3, -0.25) is 0 Å². The SMILES string of the molecule is CC(C)c1ccc(C(=O)O)cc1S(=O)(=O)N(C)CC1CC1. The van der Waals surface area contributed by atoms with E-state index in [-0.39, 0.29) is 16.4 Å². The van der Waals surface area contributed by atoms with Crippen LogP contribution < -0.4 is 0 Å². The van der Waals surface area contributed by atoms with Crippen molar-refractivity contribution in [1.82, 2.24) is 4.31 Å². The molecule has 1 saturated carbocycles. The van der Waals surface area contributed by atoms with Crippen LogP contribution in [0, 0.1) is 5.92 Å². The highest BCUT2D eigenvalue weighted by Crippen LogP contribution is 2.32. The minimum absolute atomic E-state index is 0.00204. The normalized spacial score (nSPS) is 15.7. The summed E-state index contributed by atoms with van der Waals surface area (Å²) in [6.45, 7) is 4.29. The average Bonchev–Trinajstić information content (AvgIpc) is 3.21. The minimum Gasteiger partial charge on any atom is -0.478 e. The Balaban J connectivity index is 2.47. The van der Waals surface area contributed by atoms with Crippen molar-refractivity contribution in [3.05, 3.63) is 29.3 Å². The summed E-state index contributed by atoms with van der Waals surface area (Å²) in [5, 5.41) is 9.09. The third kappa shape index (κ3) is 3.44. The van der Waals surface area contributed by atoms with Crippen molar-refractivity contribution < 1.29 is 18.3 Å². The van der Waals surface area contributed by atoms with Gasteiger partial charge < -0.3 is 5.11 Å². The number of aromatic carboxylic acids is 1. The van der Waals surface area contributed by atoms with Crippen LogP contribution in [0.15, 0.2) is 23.1 Å². The minimum atomic E-state index is -3.66. The quantitative estimate of drug-likeness (QED) is 0.876. The van der Waals surface area contributed by atoms with Gasteiger partial charge in [-0.15, -0.1) is 0 Å². The lowest BCUT2D eigenvalue weighted by molar-refractivity contribution is 0.0696. The van der Waals surface area contributed by atoms with Crippen LogP contribution in [0.1, 0.15) is 48.5 Å². The Morgan fingerprint density at radius 2 is 2.00 bits per heavy atom. The van der Waals surface area contributed by atoms with Crippen LogP contribution in [0.5, 0.6) is 0 Å². The molecule has 0 unspecified atom stereocenters. The fourth-order valence-electron chi connectivity index (χ4n) is 2.30. The highest BCUT2D eigenvalue weighted by atomic mass is 32.2. The van der Waals surface area contributed by atoms with E-state index in [0.717, 1.165) is 12.8 Å². The lowest BCUT2D eigenvalue weighted by Gasteiger charge is -2.21. The number of sulfonamides is 1. The van der Waals surface area contributed by atoms with Crippen LogP contribution in [0.3, 0.4) is 0 Å². The molecule has 0 spiro atoms. The Morgan fingerprint density at radius 1 is 1.38 bits per heavy atom. The molecule has 0 radical (unpaired) electrons. The lowest BCUT2D eigenvalue weighted by Crippen LogP contribution is -2.30. The van der Waals surface area contributed by atoms with Crippen molar-refractivity contribution in [3.8, 4) is 0 Å². The fraction of sp³-hybridized carbons (Fsp3) is 0.533. The van der Waals surface area contributed by atoms with Gasteiger partial charge in [0.25, 0.3) is 0 Å². The summed E-state index contributed by atoms with van der Waals surface area (Å²) in [6.07, 6.45) is 2.12. The molecule has 2 rings (SSSR count). The number of nitrogens with zero attached hydrogens (tertiary/aromatic N) is 1. The van der Waals surface area contributed by atoms with Gasteiger partial charge in [0.1, 0.15) is 0 Å². The maximum atomic E-state index is 12.7. The van der Waals surface area contributed by atoms with Gasteiger partial charge in [-0.2, -0.15) is 0 Å². The van der Waals surface area contributed by atoms with E-state index in [9.17, 15) is 13.2 Å². The van der Waals surface area contributed by atoms with Crippen molar-refractivity contribution in [2.24, 2.45) is 5.92 Å². The second kappa shape index (κ2) is 5.77. The summed E-state index contributed by atoms with van der Waals surface area (Å²) in [7, 11) is -2.10. The monoisotopic (exact) mass is 311 g/mol. The number of carbonyl (C=O) groups is 1. The van der Waals surface area contributed by atoms with Gasteiger partial charge in [0.15, 0.2) is 0 Å². The van der Waals surface area contributed by atoms with E-state index in [2.05, 4.69) is 0 Å². The molecule has 0 bridgehead atoms. The average molecular weight is 311 g/mol. The number of hydrogen-bond acceptors (Lipinski definition) is 3. The molecule has 1 fully saturated rings. The molecule has 0 aliphatic heterocycles. The zero-order valence-corrected chi connectivity index (χ0v) is 13.4. The smallest absolute Gasteiger partial charge is 0.335 e. The highest BCUT2D eigenvalue weighted by molar-refractivity contribution is 7.89. The molecule has 1 aliphatic carbocycles. The maximum Gasteiger partial charge on any atom is 0.335 e. The molecule has 21 heavy (non-hydrogen) atoms. The summed E-state index contributed by atoms with van der Waals surface area (Å²) in [5.74, 6) is -0.673. The van der Waals surface area contributed by atoms with E-state index < -0.39 is 16.0 Å². The van der Waals surface area contributed by atoms with Crippen LogP contribution in [-0.2, 0) is 10.0 Å². The summed E-state index contributed by atoms with van der Waals surface area (Å²) in [6, 6.07) is 4.33. The van der Waals surface area contributed by atoms with Crippen LogP contribution in [-0.4, -0.2) is 37.4 Å². The standard InChI is InChI=1S/C15H21NO4S/c1-10(2)13-7-6-12(15(17)18)8-14(13)21(19,20)16(3)9-11-4-5-11/h6-8,10-11H,4-5,9H2,1-3H3,(H,17,18). The molecule has 0 atom stereocenters. The number of hydrogen-bond donors (Lipinski definition) is 1. The van der Waals surface area contributed by atoms with Crippen molar-refractivity contribution >= 4 is 16.0 Å². The molecule has 0 heterocycles. The van der Waals surface area contributed by atoms with E-state index in [1.165, 1.54) is 16.4 Å². The zero-order valence-electron chi connectivity index (χ0n) is 12.5. The van der Waals surface area contributed by atoms with Gasteiger partial charge >= 0.3 is 5.97 Å². The van der Waals surface area contributed by atoms with Gasteiger partial charge in [-0.25, -0.2) is 17.5 Å². The molecule has 0 aromatic heterocycles. The van der Waals surface area contributed by atoms with E-state index in [1.54, 1.807) is 13.1 Å². The summed E-state index contributed by atoms with van der Waals surface area (Å²) < 4.78 is 26.8. The summed E-state index contributed by atoms with van der Waals surface area (Å²) >= 11 is 0. The highest BCUT2D eigenvalue weighted by Gasteiger charge is 2.31. The first-order valence-corrected chi connectivity index (χ1v) is 8.51. The van der Waals surface area contributed by atoms with Crippen LogP contribution >= 0.6 is 0 Å². The fourth-order valence-corrected chi connectivity index (χ4v) is 3.92. The Kier molecular flexibility index (Phi) is 4.39. The van der Waals surface area contributed by atoms with Gasteiger partial charge in [-0.1, -0.05) is 19.9 Å². The predicted octanol–water partition coefficient (Wildman–Crippen LogP) is 2.54. The molecule has 6 heteroatoms. The second-order valence-corrected chi connectivity index (χ2v) is 7.95. The zero-order chi connectivity index (χ0) is 15.8. The molecule has 1 aromatic rings. The van der Waals surface area contributed by atoms with E-state index in [0.29, 0.717) is 18.0 Å². The van der Waals surface area contributed by atoms with Gasteiger partial charge in [0.05, 0.1) is 10.5 Å². The Bertz CT molecular complexity index is 648. The Labute approximate surface area is 125 Å². The van der Waals surface area contributed by atoms with E-state index >= 15 is 0 Å². The van der Waals surface area contributed by atoms with Gasteiger partial charge in [0.2, 0.25) is 10.0 Å². The van der Waals surface area contributed by atoms with Crippen LogP contribution in [0.2, 0.25) is 0 Å². The molecule has 1 aliphatic rings. The Morgan fingerprint density at radius 3 is 2.48 bits per heavy atom. The van der Waals surface area contributed by atoms with Gasteiger partial charge in [-0.05, 0) is 42.4 Å². The van der Waals surface area contributed by atoms with Crippen molar-refractivity contribution in [3.63, 3.8) is 0 Å². The van der Waals surface area contributed by atoms with Crippen LogP contribution in [0.25, 0.3) is 0 Å². The first-order valence-electron chi connectivity index (χ1n) is 7.07. The van der Waals surface area contributed by atoms with Crippen molar-refractivity contribution in [1.29, 1.82) is 0 Å². The predicted molar refractivity (Wildman–Crippen MR) is 80.0 cm³/mol. The molecule has 116 valence electrons. The van der Waals surface area contributed by atoms with Gasteiger partial charge in [0, 0.05) is 13.6 Å². The number of carboxylic acid groups (broad SMARTS) is 1. The summed E-state index contributed by atoms with van der Waals surface area (Å²) in [5.41, 5.74) is 0.653. The van der Waals surface area contributed by atoms with E-state index in [1.807, 2.05) is 13.8 Å². The topological polar surface area (TPSA) is 74.7 Å². The van der Waals surface area contributed by atoms with Crippen LogP contribution in [0.4, 0.5) is 0 Å². The number of carboxylic acids is 1. The molecule has 0 amide bonds. The largest absolute Gasteiger partial charge is 0.478 e. The van der Waals surface area contributed by atoms with Crippen molar-refractivity contribution in [2.45, 2.75) is 37.5 Å². The Hall–Kier alpha value is -1.40. The molecule has 5 nitrogen and oxygen atoms in total. The number of benzene rings is 1. The first-order chi connectivity index (χ1) is 9.73. The molecule has 1 aromatic carbocycles.